The lowest BCUT2D eigenvalue weighted by molar-refractivity contribution is -0.170. The van der Waals surface area contributed by atoms with Gasteiger partial charge in [0.05, 0.1) is 19.7 Å². The maximum atomic E-state index is 13.3. The molecule has 0 bridgehead atoms. The van der Waals surface area contributed by atoms with Crippen LogP contribution in [0.4, 0.5) is 0 Å². The van der Waals surface area contributed by atoms with Gasteiger partial charge in [-0.3, -0.25) is 9.59 Å². The van der Waals surface area contributed by atoms with Crippen LogP contribution in [0.3, 0.4) is 0 Å². The van der Waals surface area contributed by atoms with Crippen molar-refractivity contribution in [2.24, 2.45) is 0 Å². The molecule has 1 aromatic carbocycles. The van der Waals surface area contributed by atoms with Gasteiger partial charge in [-0.2, -0.15) is 0 Å². The normalized spacial score (nSPS) is 21.9. The summed E-state index contributed by atoms with van der Waals surface area (Å²) in [5, 5.41) is 7.74. The molecule has 0 radical (unpaired) electrons. The fourth-order valence-corrected chi connectivity index (χ4v) is 3.65. The molecule has 0 unspecified atom stereocenters. The van der Waals surface area contributed by atoms with Crippen LogP contribution in [-0.2, 0) is 20.9 Å². The number of carbonyl (C=O) groups excluding carboxylic acids is 2. The van der Waals surface area contributed by atoms with E-state index in [4.69, 9.17) is 13.9 Å². The highest BCUT2D eigenvalue weighted by Crippen LogP contribution is 2.40. The fourth-order valence-electron chi connectivity index (χ4n) is 3.65. The quantitative estimate of drug-likeness (QED) is 0.724. The average molecular weight is 400 g/mol. The van der Waals surface area contributed by atoms with Crippen molar-refractivity contribution in [3.05, 3.63) is 41.6 Å². The monoisotopic (exact) mass is 400 g/mol. The molecular weight excluding hydrogens is 376 g/mol. The number of likely N-dealkylation sites (N-methyl/N-ethyl adjacent to an activating group) is 1. The van der Waals surface area contributed by atoms with Gasteiger partial charge in [-0.15, -0.1) is 10.2 Å². The molecule has 2 fully saturated rings. The summed E-state index contributed by atoms with van der Waals surface area (Å²) in [4.78, 5) is 29.2. The van der Waals surface area contributed by atoms with Crippen LogP contribution in [0.25, 0.3) is 0 Å². The second kappa shape index (κ2) is 7.82. The topological polar surface area (TPSA) is 98.0 Å². The zero-order valence-corrected chi connectivity index (χ0v) is 16.7. The van der Waals surface area contributed by atoms with Gasteiger partial charge in [-0.05, 0) is 30.5 Å². The van der Waals surface area contributed by atoms with Crippen molar-refractivity contribution >= 4 is 11.8 Å². The van der Waals surface area contributed by atoms with Crippen LogP contribution in [0, 0.1) is 6.92 Å². The van der Waals surface area contributed by atoms with Crippen LogP contribution >= 0.6 is 0 Å². The van der Waals surface area contributed by atoms with E-state index < -0.39 is 12.1 Å². The minimum atomic E-state index is -0.810. The highest BCUT2D eigenvalue weighted by Gasteiger charge is 2.48. The second-order valence-corrected chi connectivity index (χ2v) is 7.39. The smallest absolute Gasteiger partial charge is 0.254 e. The van der Waals surface area contributed by atoms with E-state index in [9.17, 15) is 9.59 Å². The summed E-state index contributed by atoms with van der Waals surface area (Å²) in [7, 11) is 3.26. The number of methoxy groups -OCH3 is 1. The van der Waals surface area contributed by atoms with Gasteiger partial charge in [0.2, 0.25) is 17.7 Å². The molecule has 1 aromatic heterocycles. The maximum Gasteiger partial charge on any atom is 0.254 e. The number of rotatable bonds is 6. The van der Waals surface area contributed by atoms with Crippen molar-refractivity contribution in [3.8, 4) is 5.75 Å². The minimum absolute atomic E-state index is 0.0902. The predicted octanol–water partition coefficient (Wildman–Crippen LogP) is 1.48. The van der Waals surface area contributed by atoms with E-state index >= 15 is 0 Å². The molecule has 2 heterocycles. The highest BCUT2D eigenvalue weighted by atomic mass is 16.5. The molecule has 4 rings (SSSR count). The van der Waals surface area contributed by atoms with Crippen LogP contribution in [-0.4, -0.2) is 64.7 Å². The molecule has 1 aliphatic carbocycles. The zero-order chi connectivity index (χ0) is 20.5. The lowest BCUT2D eigenvalue weighted by Gasteiger charge is -2.41. The molecule has 2 atom stereocenters. The van der Waals surface area contributed by atoms with E-state index in [1.807, 2.05) is 29.2 Å². The lowest BCUT2D eigenvalue weighted by atomic mass is 9.96. The second-order valence-electron chi connectivity index (χ2n) is 7.39. The Labute approximate surface area is 168 Å². The van der Waals surface area contributed by atoms with Gasteiger partial charge in [0, 0.05) is 20.0 Å². The Bertz CT molecular complexity index is 893. The van der Waals surface area contributed by atoms with E-state index in [2.05, 4.69) is 10.2 Å². The molecule has 154 valence electrons. The first-order valence-corrected chi connectivity index (χ1v) is 9.58. The van der Waals surface area contributed by atoms with E-state index in [1.54, 1.807) is 21.1 Å². The number of aryl methyl sites for hydroxylation is 1. The zero-order valence-electron chi connectivity index (χ0n) is 16.7. The highest BCUT2D eigenvalue weighted by molar-refractivity contribution is 5.86. The van der Waals surface area contributed by atoms with Crippen LogP contribution in [0.1, 0.15) is 36.2 Å². The molecule has 0 spiro atoms. The summed E-state index contributed by atoms with van der Waals surface area (Å²) >= 11 is 0. The van der Waals surface area contributed by atoms with Crippen molar-refractivity contribution in [1.29, 1.82) is 0 Å². The number of nitrogens with zero attached hydrogens (tertiary/aromatic N) is 4. The summed E-state index contributed by atoms with van der Waals surface area (Å²) in [6.45, 7) is 1.76. The molecule has 9 nitrogen and oxygen atoms in total. The fraction of sp³-hybridized carbons (Fsp3) is 0.500. The summed E-state index contributed by atoms with van der Waals surface area (Å²) in [6, 6.07) is 7.06. The first-order chi connectivity index (χ1) is 14.0. The Balaban J connectivity index is 1.61. The average Bonchev–Trinajstić information content (AvgIpc) is 3.48. The number of benzene rings is 1. The van der Waals surface area contributed by atoms with E-state index in [1.165, 1.54) is 4.90 Å². The van der Waals surface area contributed by atoms with Gasteiger partial charge < -0.3 is 23.7 Å². The lowest BCUT2D eigenvalue weighted by Crippen LogP contribution is -2.55. The van der Waals surface area contributed by atoms with Gasteiger partial charge >= 0.3 is 0 Å². The number of aromatic nitrogens is 2. The molecular formula is C20H24N4O5. The number of hydrogen-bond acceptors (Lipinski definition) is 7. The first-order valence-electron chi connectivity index (χ1n) is 9.58. The van der Waals surface area contributed by atoms with Crippen LogP contribution in [0.15, 0.2) is 28.7 Å². The molecule has 2 amide bonds. The third kappa shape index (κ3) is 3.95. The summed E-state index contributed by atoms with van der Waals surface area (Å²) in [6.07, 6.45) is 1.07. The third-order valence-corrected chi connectivity index (χ3v) is 5.22. The Morgan fingerprint density at radius 3 is 2.59 bits per heavy atom. The van der Waals surface area contributed by atoms with Gasteiger partial charge in [0.25, 0.3) is 5.91 Å². The number of morpholine rings is 1. The molecule has 1 aliphatic heterocycles. The largest absolute Gasteiger partial charge is 0.497 e. The molecule has 0 N–H and O–H groups in total. The van der Waals surface area contributed by atoms with E-state index in [-0.39, 0.29) is 31.0 Å². The number of carbonyl (C=O) groups is 2. The maximum absolute atomic E-state index is 13.3. The summed E-state index contributed by atoms with van der Waals surface area (Å²) in [5.41, 5.74) is 0.839. The van der Waals surface area contributed by atoms with Crippen molar-refractivity contribution in [3.63, 3.8) is 0 Å². The molecule has 2 aliphatic rings. The molecule has 2 aromatic rings. The van der Waals surface area contributed by atoms with Gasteiger partial charge in [-0.25, -0.2) is 0 Å². The minimum Gasteiger partial charge on any atom is -0.497 e. The van der Waals surface area contributed by atoms with E-state index in [0.717, 1.165) is 18.4 Å². The van der Waals surface area contributed by atoms with Crippen LogP contribution in [0.5, 0.6) is 5.75 Å². The van der Waals surface area contributed by atoms with Crippen molar-refractivity contribution < 1.29 is 23.5 Å². The van der Waals surface area contributed by atoms with Crippen molar-refractivity contribution in [2.45, 2.75) is 44.5 Å². The van der Waals surface area contributed by atoms with Crippen molar-refractivity contribution in [2.75, 3.05) is 20.8 Å². The van der Waals surface area contributed by atoms with Gasteiger partial charge in [0.15, 0.2) is 6.10 Å². The molecule has 9 heteroatoms. The summed E-state index contributed by atoms with van der Waals surface area (Å²) in [5.74, 6) is 1.18. The summed E-state index contributed by atoms with van der Waals surface area (Å²) < 4.78 is 16.4. The standard InChI is InChI=1S/C20H24N4O5/c1-12-21-22-16(29-12)10-23(2)20(26)19-18(13-4-8-15(27-3)9-5-13)24(14-6-7-14)17(25)11-28-19/h4-5,8-9,14,18-19H,6-7,10-11H2,1-3H3/t18-,19+/m1/s1. The Hall–Kier alpha value is -2.94. The number of hydrogen-bond donors (Lipinski definition) is 0. The first kappa shape index (κ1) is 19.4. The Kier molecular flexibility index (Phi) is 5.23. The SMILES string of the molecule is COc1ccc([C@@H]2[C@@H](C(=O)N(C)Cc3nnc(C)o3)OCC(=O)N2C2CC2)cc1. The van der Waals surface area contributed by atoms with E-state index in [0.29, 0.717) is 17.5 Å². The molecule has 29 heavy (non-hydrogen) atoms. The third-order valence-electron chi connectivity index (χ3n) is 5.22. The molecule has 1 saturated heterocycles. The predicted molar refractivity (Wildman–Crippen MR) is 101 cm³/mol. The number of ether oxygens (including phenoxy) is 2. The van der Waals surface area contributed by atoms with Gasteiger partial charge in [0.1, 0.15) is 12.4 Å². The molecule has 1 saturated carbocycles. The Morgan fingerprint density at radius 2 is 2.00 bits per heavy atom. The Morgan fingerprint density at radius 1 is 1.28 bits per heavy atom. The van der Waals surface area contributed by atoms with Crippen molar-refractivity contribution in [1.82, 2.24) is 20.0 Å². The van der Waals surface area contributed by atoms with Crippen LogP contribution in [0.2, 0.25) is 0 Å². The van der Waals surface area contributed by atoms with Gasteiger partial charge in [-0.1, -0.05) is 12.1 Å². The number of amides is 2. The van der Waals surface area contributed by atoms with Crippen LogP contribution < -0.4 is 4.74 Å².